The zero-order chi connectivity index (χ0) is 16.5. The number of ether oxygens (including phenoxy) is 1. The number of benzene rings is 1. The zero-order valence-corrected chi connectivity index (χ0v) is 13.9. The average molecular weight is 308 g/mol. The van der Waals surface area contributed by atoms with Crippen molar-refractivity contribution in [3.05, 3.63) is 59.1 Å². The molecule has 2 atom stereocenters. The van der Waals surface area contributed by atoms with Gasteiger partial charge < -0.3 is 4.74 Å². The SMILES string of the molecule is C/C=C(\C=C/C(C)CCc1ccc(C[C@@H](C)F)c(F)c1)OC. The molecule has 0 aliphatic carbocycles. The van der Waals surface area contributed by atoms with Crippen LogP contribution in [0, 0.1) is 11.7 Å². The van der Waals surface area contributed by atoms with E-state index in [-0.39, 0.29) is 12.2 Å². The Morgan fingerprint density at radius 2 is 2.05 bits per heavy atom. The van der Waals surface area contributed by atoms with Crippen LogP contribution in [0.15, 0.2) is 42.2 Å². The summed E-state index contributed by atoms with van der Waals surface area (Å²) in [4.78, 5) is 0. The Bertz CT molecular complexity index is 518. The van der Waals surface area contributed by atoms with E-state index in [1.807, 2.05) is 25.1 Å². The summed E-state index contributed by atoms with van der Waals surface area (Å²) in [5.74, 6) is 0.905. The van der Waals surface area contributed by atoms with Crippen molar-refractivity contribution >= 4 is 0 Å². The molecule has 0 aromatic heterocycles. The monoisotopic (exact) mass is 308 g/mol. The molecule has 0 fully saturated rings. The molecule has 1 aromatic carbocycles. The van der Waals surface area contributed by atoms with Gasteiger partial charge in [-0.05, 0) is 62.0 Å². The molecule has 0 saturated heterocycles. The normalized spacial score (nSPS) is 15.1. The standard InChI is InChI=1S/C19H26F2O/c1-5-18(22-4)11-7-14(2)6-8-16-9-10-17(12-15(3)20)19(21)13-16/h5,7,9-11,13-15H,6,8,12H2,1-4H3/b11-7-,18-5+/t14?,15-/m1/s1. The molecule has 122 valence electrons. The second kappa shape index (κ2) is 9.39. The summed E-state index contributed by atoms with van der Waals surface area (Å²) in [5, 5.41) is 0. The van der Waals surface area contributed by atoms with E-state index in [4.69, 9.17) is 4.74 Å². The zero-order valence-electron chi connectivity index (χ0n) is 13.9. The van der Waals surface area contributed by atoms with Crippen molar-refractivity contribution in [3.8, 4) is 0 Å². The summed E-state index contributed by atoms with van der Waals surface area (Å²) >= 11 is 0. The molecule has 22 heavy (non-hydrogen) atoms. The minimum Gasteiger partial charge on any atom is -0.497 e. The molecule has 0 saturated carbocycles. The van der Waals surface area contributed by atoms with Crippen molar-refractivity contribution < 1.29 is 13.5 Å². The Morgan fingerprint density at radius 3 is 2.59 bits per heavy atom. The summed E-state index contributed by atoms with van der Waals surface area (Å²) in [7, 11) is 1.65. The molecule has 1 nitrogen and oxygen atoms in total. The minimum absolute atomic E-state index is 0.133. The molecule has 0 aliphatic heterocycles. The minimum atomic E-state index is -1.02. The number of hydrogen-bond acceptors (Lipinski definition) is 1. The van der Waals surface area contributed by atoms with Gasteiger partial charge in [0, 0.05) is 6.42 Å². The smallest absolute Gasteiger partial charge is 0.126 e. The molecular formula is C19H26F2O. The molecule has 0 amide bonds. The predicted molar refractivity (Wildman–Crippen MR) is 88.1 cm³/mol. The molecule has 1 unspecified atom stereocenters. The van der Waals surface area contributed by atoms with Gasteiger partial charge in [0.05, 0.1) is 7.11 Å². The van der Waals surface area contributed by atoms with E-state index in [0.717, 1.165) is 24.2 Å². The van der Waals surface area contributed by atoms with E-state index in [1.54, 1.807) is 13.2 Å². The molecule has 0 radical (unpaired) electrons. The Kier molecular flexibility index (Phi) is 7.86. The number of hydrogen-bond donors (Lipinski definition) is 0. The van der Waals surface area contributed by atoms with Crippen LogP contribution in [0.25, 0.3) is 0 Å². The van der Waals surface area contributed by atoms with Gasteiger partial charge in [-0.2, -0.15) is 0 Å². The van der Waals surface area contributed by atoms with Crippen LogP contribution in [0.3, 0.4) is 0 Å². The van der Waals surface area contributed by atoms with Crippen LogP contribution in [0.5, 0.6) is 0 Å². The molecule has 0 bridgehead atoms. The van der Waals surface area contributed by atoms with Gasteiger partial charge in [0.15, 0.2) is 0 Å². The van der Waals surface area contributed by atoms with Crippen LogP contribution in [-0.2, 0) is 17.6 Å². The van der Waals surface area contributed by atoms with E-state index in [1.165, 1.54) is 13.0 Å². The molecule has 0 heterocycles. The lowest BCUT2D eigenvalue weighted by Crippen LogP contribution is -2.02. The van der Waals surface area contributed by atoms with Crippen molar-refractivity contribution in [1.82, 2.24) is 0 Å². The fraction of sp³-hybridized carbons (Fsp3) is 0.474. The lowest BCUT2D eigenvalue weighted by Gasteiger charge is -2.09. The summed E-state index contributed by atoms with van der Waals surface area (Å²) in [6, 6.07) is 5.12. The van der Waals surface area contributed by atoms with Gasteiger partial charge in [-0.3, -0.25) is 0 Å². The van der Waals surface area contributed by atoms with Crippen LogP contribution in [0.2, 0.25) is 0 Å². The number of methoxy groups -OCH3 is 1. The maximum Gasteiger partial charge on any atom is 0.126 e. The lowest BCUT2D eigenvalue weighted by atomic mass is 9.98. The quantitative estimate of drug-likeness (QED) is 0.461. The topological polar surface area (TPSA) is 9.23 Å². The molecule has 0 aliphatic rings. The van der Waals surface area contributed by atoms with E-state index in [2.05, 4.69) is 13.0 Å². The van der Waals surface area contributed by atoms with Crippen LogP contribution >= 0.6 is 0 Å². The maximum absolute atomic E-state index is 13.9. The number of rotatable bonds is 8. The van der Waals surface area contributed by atoms with Crippen molar-refractivity contribution in [1.29, 1.82) is 0 Å². The highest BCUT2D eigenvalue weighted by Gasteiger charge is 2.08. The molecule has 1 aromatic rings. The average Bonchev–Trinajstić information content (AvgIpc) is 2.48. The van der Waals surface area contributed by atoms with Crippen LogP contribution in [0.1, 0.15) is 38.3 Å². The molecule has 3 heteroatoms. The molecule has 1 rings (SSSR count). The highest BCUT2D eigenvalue weighted by Crippen LogP contribution is 2.17. The largest absolute Gasteiger partial charge is 0.497 e. The third-order valence-electron chi connectivity index (χ3n) is 3.62. The Hall–Kier alpha value is -1.64. The van der Waals surface area contributed by atoms with Gasteiger partial charge in [-0.15, -0.1) is 0 Å². The highest BCUT2D eigenvalue weighted by molar-refractivity contribution is 5.25. The summed E-state index contributed by atoms with van der Waals surface area (Å²) < 4.78 is 32.0. The Morgan fingerprint density at radius 1 is 1.32 bits per heavy atom. The van der Waals surface area contributed by atoms with Gasteiger partial charge in [-0.25, -0.2) is 8.78 Å². The van der Waals surface area contributed by atoms with Crippen LogP contribution in [-0.4, -0.2) is 13.3 Å². The van der Waals surface area contributed by atoms with E-state index < -0.39 is 6.17 Å². The number of allylic oxidation sites excluding steroid dienone is 3. The van der Waals surface area contributed by atoms with Gasteiger partial charge in [0.25, 0.3) is 0 Å². The predicted octanol–water partition coefficient (Wildman–Crippen LogP) is 5.40. The van der Waals surface area contributed by atoms with Crippen molar-refractivity contribution in [2.24, 2.45) is 5.92 Å². The van der Waals surface area contributed by atoms with Crippen LogP contribution < -0.4 is 0 Å². The van der Waals surface area contributed by atoms with Crippen molar-refractivity contribution in [3.63, 3.8) is 0 Å². The Labute approximate surface area is 132 Å². The van der Waals surface area contributed by atoms with Gasteiger partial charge in [0.2, 0.25) is 0 Å². The van der Waals surface area contributed by atoms with Gasteiger partial charge in [0.1, 0.15) is 17.7 Å². The summed E-state index contributed by atoms with van der Waals surface area (Å²) in [6.07, 6.45) is 6.79. The van der Waals surface area contributed by atoms with E-state index >= 15 is 0 Å². The van der Waals surface area contributed by atoms with Gasteiger partial charge >= 0.3 is 0 Å². The number of halogens is 2. The fourth-order valence-corrected chi connectivity index (χ4v) is 2.25. The molecular weight excluding hydrogens is 282 g/mol. The number of alkyl halides is 1. The third kappa shape index (κ3) is 6.42. The first-order chi connectivity index (χ1) is 10.5. The molecule has 0 spiro atoms. The summed E-state index contributed by atoms with van der Waals surface area (Å²) in [6.45, 7) is 5.49. The second-order valence-corrected chi connectivity index (χ2v) is 5.68. The Balaban J connectivity index is 2.56. The fourth-order valence-electron chi connectivity index (χ4n) is 2.25. The first kappa shape index (κ1) is 18.4. The first-order valence-electron chi connectivity index (χ1n) is 7.76. The lowest BCUT2D eigenvalue weighted by molar-refractivity contribution is 0.305. The third-order valence-corrected chi connectivity index (χ3v) is 3.62. The van der Waals surface area contributed by atoms with E-state index in [0.29, 0.717) is 11.5 Å². The van der Waals surface area contributed by atoms with E-state index in [9.17, 15) is 8.78 Å². The van der Waals surface area contributed by atoms with Crippen molar-refractivity contribution in [2.75, 3.05) is 7.11 Å². The summed E-state index contributed by atoms with van der Waals surface area (Å²) in [5.41, 5.74) is 1.40. The van der Waals surface area contributed by atoms with Crippen molar-refractivity contribution in [2.45, 2.75) is 46.2 Å². The molecule has 0 N–H and O–H groups in total. The first-order valence-corrected chi connectivity index (χ1v) is 7.76. The van der Waals surface area contributed by atoms with Crippen LogP contribution in [0.4, 0.5) is 8.78 Å². The second-order valence-electron chi connectivity index (χ2n) is 5.68. The van der Waals surface area contributed by atoms with Gasteiger partial charge in [-0.1, -0.05) is 25.1 Å². The number of aryl methyl sites for hydroxylation is 1. The maximum atomic E-state index is 13.9. The highest BCUT2D eigenvalue weighted by atomic mass is 19.1.